The van der Waals surface area contributed by atoms with Crippen molar-refractivity contribution in [3.05, 3.63) is 0 Å². The van der Waals surface area contributed by atoms with Gasteiger partial charge >= 0.3 is 0 Å². The van der Waals surface area contributed by atoms with Crippen LogP contribution in [0.3, 0.4) is 0 Å². The molecule has 0 spiro atoms. The number of hydrogen-bond donors (Lipinski definition) is 1. The van der Waals surface area contributed by atoms with E-state index in [2.05, 4.69) is 4.99 Å². The maximum Gasteiger partial charge on any atom is 0.0968 e. The SMILES string of the molecule is COCCCCN=C(N)C1CCCC1. The Morgan fingerprint density at radius 1 is 1.36 bits per heavy atom. The third-order valence-electron chi connectivity index (χ3n) is 2.82. The van der Waals surface area contributed by atoms with Gasteiger partial charge in [0, 0.05) is 26.2 Å². The van der Waals surface area contributed by atoms with Crippen molar-refractivity contribution < 1.29 is 4.74 Å². The van der Waals surface area contributed by atoms with E-state index in [4.69, 9.17) is 10.5 Å². The molecule has 0 bridgehead atoms. The van der Waals surface area contributed by atoms with Gasteiger partial charge in [-0.2, -0.15) is 0 Å². The van der Waals surface area contributed by atoms with Crippen LogP contribution in [0.2, 0.25) is 0 Å². The van der Waals surface area contributed by atoms with E-state index in [-0.39, 0.29) is 0 Å². The summed E-state index contributed by atoms with van der Waals surface area (Å²) >= 11 is 0. The smallest absolute Gasteiger partial charge is 0.0968 e. The number of amidine groups is 1. The van der Waals surface area contributed by atoms with Crippen LogP contribution in [-0.4, -0.2) is 26.1 Å². The predicted octanol–water partition coefficient (Wildman–Crippen LogP) is 1.96. The van der Waals surface area contributed by atoms with Gasteiger partial charge in [0.05, 0.1) is 5.84 Å². The lowest BCUT2D eigenvalue weighted by Gasteiger charge is -2.07. The maximum absolute atomic E-state index is 5.91. The van der Waals surface area contributed by atoms with E-state index < -0.39 is 0 Å². The first-order chi connectivity index (χ1) is 6.84. The summed E-state index contributed by atoms with van der Waals surface area (Å²) in [6, 6.07) is 0. The maximum atomic E-state index is 5.91. The van der Waals surface area contributed by atoms with Gasteiger partial charge < -0.3 is 10.5 Å². The Labute approximate surface area is 86.7 Å². The standard InChI is InChI=1S/C11H22N2O/c1-14-9-5-4-8-13-11(12)10-6-2-3-7-10/h10H,2-9H2,1H3,(H2,12,13). The van der Waals surface area contributed by atoms with Gasteiger partial charge in [-0.15, -0.1) is 0 Å². The molecule has 1 rings (SSSR count). The van der Waals surface area contributed by atoms with Crippen LogP contribution in [-0.2, 0) is 4.74 Å². The predicted molar refractivity (Wildman–Crippen MR) is 59.6 cm³/mol. The molecule has 3 heteroatoms. The van der Waals surface area contributed by atoms with Crippen molar-refractivity contribution in [2.24, 2.45) is 16.6 Å². The average Bonchev–Trinajstić information content (AvgIpc) is 2.70. The van der Waals surface area contributed by atoms with Crippen molar-refractivity contribution in [3.63, 3.8) is 0 Å². The Balaban J connectivity index is 2.09. The Morgan fingerprint density at radius 3 is 2.71 bits per heavy atom. The summed E-state index contributed by atoms with van der Waals surface area (Å²) in [5, 5.41) is 0. The molecule has 1 saturated carbocycles. The molecule has 0 aromatic carbocycles. The number of unbranched alkanes of at least 4 members (excludes halogenated alkanes) is 1. The number of ether oxygens (including phenoxy) is 1. The van der Waals surface area contributed by atoms with Gasteiger partial charge in [0.15, 0.2) is 0 Å². The van der Waals surface area contributed by atoms with Gasteiger partial charge in [-0.3, -0.25) is 4.99 Å². The molecule has 0 heterocycles. The second-order valence-electron chi connectivity index (χ2n) is 3.99. The molecular formula is C11H22N2O. The van der Waals surface area contributed by atoms with Crippen molar-refractivity contribution in [3.8, 4) is 0 Å². The number of nitrogens with zero attached hydrogens (tertiary/aromatic N) is 1. The minimum absolute atomic E-state index is 0.581. The van der Waals surface area contributed by atoms with Crippen LogP contribution in [0.1, 0.15) is 38.5 Å². The lowest BCUT2D eigenvalue weighted by Crippen LogP contribution is -2.21. The fraction of sp³-hybridized carbons (Fsp3) is 0.909. The second kappa shape index (κ2) is 6.82. The van der Waals surface area contributed by atoms with Gasteiger partial charge in [0.25, 0.3) is 0 Å². The van der Waals surface area contributed by atoms with Gasteiger partial charge in [0.2, 0.25) is 0 Å². The van der Waals surface area contributed by atoms with Crippen molar-refractivity contribution in [2.45, 2.75) is 38.5 Å². The zero-order valence-corrected chi connectivity index (χ0v) is 9.17. The lowest BCUT2D eigenvalue weighted by molar-refractivity contribution is 0.193. The molecule has 0 saturated heterocycles. The minimum Gasteiger partial charge on any atom is -0.387 e. The Hall–Kier alpha value is -0.570. The lowest BCUT2D eigenvalue weighted by atomic mass is 10.1. The fourth-order valence-corrected chi connectivity index (χ4v) is 1.92. The molecule has 1 fully saturated rings. The molecule has 0 amide bonds. The molecule has 2 N–H and O–H groups in total. The van der Waals surface area contributed by atoms with Crippen molar-refractivity contribution in [1.82, 2.24) is 0 Å². The van der Waals surface area contributed by atoms with E-state index in [1.54, 1.807) is 7.11 Å². The topological polar surface area (TPSA) is 47.6 Å². The molecule has 82 valence electrons. The molecule has 0 aromatic rings. The van der Waals surface area contributed by atoms with Crippen LogP contribution in [0.5, 0.6) is 0 Å². The second-order valence-corrected chi connectivity index (χ2v) is 3.99. The molecule has 0 aromatic heterocycles. The van der Waals surface area contributed by atoms with Crippen LogP contribution in [0, 0.1) is 5.92 Å². The molecule has 1 aliphatic rings. The zero-order chi connectivity index (χ0) is 10.2. The van der Waals surface area contributed by atoms with Gasteiger partial charge in [0.1, 0.15) is 0 Å². The number of nitrogens with two attached hydrogens (primary N) is 1. The highest BCUT2D eigenvalue weighted by atomic mass is 16.5. The van der Waals surface area contributed by atoms with Crippen LogP contribution >= 0.6 is 0 Å². The zero-order valence-electron chi connectivity index (χ0n) is 9.17. The summed E-state index contributed by atoms with van der Waals surface area (Å²) in [4.78, 5) is 4.42. The molecule has 0 unspecified atom stereocenters. The van der Waals surface area contributed by atoms with E-state index in [0.717, 1.165) is 31.8 Å². The summed E-state index contributed by atoms with van der Waals surface area (Å²) in [6.07, 6.45) is 7.30. The molecule has 1 aliphatic carbocycles. The van der Waals surface area contributed by atoms with Crippen molar-refractivity contribution >= 4 is 5.84 Å². The quantitative estimate of drug-likeness (QED) is 0.403. The number of hydrogen-bond acceptors (Lipinski definition) is 2. The molecule has 0 radical (unpaired) electrons. The number of aliphatic imine (C=N–C) groups is 1. The summed E-state index contributed by atoms with van der Waals surface area (Å²) < 4.78 is 4.97. The Bertz CT molecular complexity index is 174. The average molecular weight is 198 g/mol. The van der Waals surface area contributed by atoms with Crippen LogP contribution in [0.25, 0.3) is 0 Å². The van der Waals surface area contributed by atoms with E-state index in [1.807, 2.05) is 0 Å². The molecule has 0 aliphatic heterocycles. The number of rotatable bonds is 6. The fourth-order valence-electron chi connectivity index (χ4n) is 1.92. The van der Waals surface area contributed by atoms with Crippen molar-refractivity contribution in [2.75, 3.05) is 20.3 Å². The molecule has 0 atom stereocenters. The van der Waals surface area contributed by atoms with Gasteiger partial charge in [-0.1, -0.05) is 12.8 Å². The Kier molecular flexibility index (Phi) is 5.60. The minimum atomic E-state index is 0.581. The van der Waals surface area contributed by atoms with E-state index in [0.29, 0.717) is 5.92 Å². The third kappa shape index (κ3) is 4.09. The molecule has 14 heavy (non-hydrogen) atoms. The van der Waals surface area contributed by atoms with E-state index in [1.165, 1.54) is 25.7 Å². The third-order valence-corrected chi connectivity index (χ3v) is 2.82. The van der Waals surface area contributed by atoms with Gasteiger partial charge in [-0.05, 0) is 25.7 Å². The summed E-state index contributed by atoms with van der Waals surface area (Å²) in [5.41, 5.74) is 5.91. The molecule has 3 nitrogen and oxygen atoms in total. The van der Waals surface area contributed by atoms with Crippen LogP contribution in [0.4, 0.5) is 0 Å². The van der Waals surface area contributed by atoms with Crippen molar-refractivity contribution in [1.29, 1.82) is 0 Å². The monoisotopic (exact) mass is 198 g/mol. The van der Waals surface area contributed by atoms with E-state index >= 15 is 0 Å². The highest BCUT2D eigenvalue weighted by molar-refractivity contribution is 5.83. The van der Waals surface area contributed by atoms with Gasteiger partial charge in [-0.25, -0.2) is 0 Å². The Morgan fingerprint density at radius 2 is 2.07 bits per heavy atom. The van der Waals surface area contributed by atoms with E-state index in [9.17, 15) is 0 Å². The summed E-state index contributed by atoms with van der Waals surface area (Å²) in [6.45, 7) is 1.70. The number of methoxy groups -OCH3 is 1. The first-order valence-electron chi connectivity index (χ1n) is 5.63. The largest absolute Gasteiger partial charge is 0.387 e. The summed E-state index contributed by atoms with van der Waals surface area (Å²) in [7, 11) is 1.73. The summed E-state index contributed by atoms with van der Waals surface area (Å²) in [5.74, 6) is 1.47. The first-order valence-corrected chi connectivity index (χ1v) is 5.63. The molecular weight excluding hydrogens is 176 g/mol. The highest BCUT2D eigenvalue weighted by Gasteiger charge is 2.17. The van der Waals surface area contributed by atoms with Crippen LogP contribution < -0.4 is 5.73 Å². The van der Waals surface area contributed by atoms with Crippen LogP contribution in [0.15, 0.2) is 4.99 Å². The normalized spacial score (nSPS) is 19.1. The first kappa shape index (κ1) is 11.5. The highest BCUT2D eigenvalue weighted by Crippen LogP contribution is 2.24.